The minimum Gasteiger partial charge on any atom is -0.488 e. The van der Waals surface area contributed by atoms with Gasteiger partial charge >= 0.3 is 0 Å². The smallest absolute Gasteiger partial charge is 0.131 e. The molecule has 0 amide bonds. The van der Waals surface area contributed by atoms with Crippen LogP contribution in [0.1, 0.15) is 39.3 Å². The van der Waals surface area contributed by atoms with E-state index in [-0.39, 0.29) is 17.5 Å². The van der Waals surface area contributed by atoms with Crippen molar-refractivity contribution in [1.82, 2.24) is 0 Å². The highest BCUT2D eigenvalue weighted by molar-refractivity contribution is 5.37. The zero-order valence-electron chi connectivity index (χ0n) is 9.67. The topological polar surface area (TPSA) is 35.2 Å². The van der Waals surface area contributed by atoms with Crippen molar-refractivity contribution in [2.75, 3.05) is 0 Å². The third kappa shape index (κ3) is 3.20. The van der Waals surface area contributed by atoms with Gasteiger partial charge in [0.25, 0.3) is 0 Å². The second kappa shape index (κ2) is 4.19. The van der Waals surface area contributed by atoms with Crippen LogP contribution in [-0.2, 0) is 0 Å². The first-order valence-electron chi connectivity index (χ1n) is 5.04. The van der Waals surface area contributed by atoms with Gasteiger partial charge in [0.15, 0.2) is 0 Å². The lowest BCUT2D eigenvalue weighted by molar-refractivity contribution is 0.128. The molecule has 0 aliphatic rings. The van der Waals surface area contributed by atoms with Crippen LogP contribution in [0.4, 0.5) is 4.39 Å². The molecule has 0 aromatic heterocycles. The molecule has 1 aromatic carbocycles. The Hall–Kier alpha value is -1.09. The summed E-state index contributed by atoms with van der Waals surface area (Å²) in [5, 5.41) is 0. The van der Waals surface area contributed by atoms with Crippen LogP contribution in [0, 0.1) is 5.82 Å². The Kier molecular flexibility index (Phi) is 3.35. The van der Waals surface area contributed by atoms with E-state index in [2.05, 4.69) is 0 Å². The molecular formula is C12H18FNO. The van der Waals surface area contributed by atoms with Gasteiger partial charge in [-0.05, 0) is 39.8 Å². The lowest BCUT2D eigenvalue weighted by Crippen LogP contribution is -2.24. The van der Waals surface area contributed by atoms with Crippen LogP contribution in [0.2, 0.25) is 0 Å². The van der Waals surface area contributed by atoms with Gasteiger partial charge in [-0.25, -0.2) is 4.39 Å². The fraction of sp³-hybridized carbons (Fsp3) is 0.500. The van der Waals surface area contributed by atoms with E-state index >= 15 is 0 Å². The third-order valence-electron chi connectivity index (χ3n) is 1.88. The van der Waals surface area contributed by atoms with Crippen LogP contribution in [0.3, 0.4) is 0 Å². The van der Waals surface area contributed by atoms with Crippen molar-refractivity contribution in [2.24, 2.45) is 5.73 Å². The Morgan fingerprint density at radius 3 is 2.40 bits per heavy atom. The third-order valence-corrected chi connectivity index (χ3v) is 1.88. The molecule has 0 aliphatic carbocycles. The number of ether oxygens (including phenoxy) is 1. The van der Waals surface area contributed by atoms with Crippen LogP contribution >= 0.6 is 0 Å². The minimum absolute atomic E-state index is 0.313. The molecule has 0 aliphatic heterocycles. The molecule has 1 atom stereocenters. The van der Waals surface area contributed by atoms with Crippen molar-refractivity contribution in [1.29, 1.82) is 0 Å². The molecular weight excluding hydrogens is 193 g/mol. The normalized spacial score (nSPS) is 13.7. The van der Waals surface area contributed by atoms with E-state index in [1.165, 1.54) is 6.07 Å². The van der Waals surface area contributed by atoms with Gasteiger partial charge in [-0.15, -0.1) is 0 Å². The molecule has 2 nitrogen and oxygen atoms in total. The number of halogens is 1. The van der Waals surface area contributed by atoms with Crippen molar-refractivity contribution in [2.45, 2.75) is 39.3 Å². The average molecular weight is 211 g/mol. The van der Waals surface area contributed by atoms with Gasteiger partial charge in [0.1, 0.15) is 17.2 Å². The summed E-state index contributed by atoms with van der Waals surface area (Å²) >= 11 is 0. The van der Waals surface area contributed by atoms with Gasteiger partial charge < -0.3 is 10.5 Å². The highest BCUT2D eigenvalue weighted by Crippen LogP contribution is 2.29. The minimum atomic E-state index is -0.372. The van der Waals surface area contributed by atoms with E-state index < -0.39 is 0 Å². The highest BCUT2D eigenvalue weighted by Gasteiger charge is 2.18. The summed E-state index contributed by atoms with van der Waals surface area (Å²) in [5.74, 6) is 0.212. The quantitative estimate of drug-likeness (QED) is 0.816. The molecule has 0 saturated carbocycles. The molecule has 2 N–H and O–H groups in total. The highest BCUT2D eigenvalue weighted by atomic mass is 19.1. The Bertz CT molecular complexity index is 342. The summed E-state index contributed by atoms with van der Waals surface area (Å²) in [7, 11) is 0. The Morgan fingerprint density at radius 1 is 1.33 bits per heavy atom. The van der Waals surface area contributed by atoms with E-state index in [9.17, 15) is 4.39 Å². The second-order valence-electron chi connectivity index (χ2n) is 4.65. The van der Waals surface area contributed by atoms with Crippen LogP contribution in [0.5, 0.6) is 5.75 Å². The first-order valence-corrected chi connectivity index (χ1v) is 5.04. The van der Waals surface area contributed by atoms with Crippen LogP contribution in [0.15, 0.2) is 18.2 Å². The number of hydrogen-bond donors (Lipinski definition) is 1. The van der Waals surface area contributed by atoms with Crippen molar-refractivity contribution in [3.05, 3.63) is 29.6 Å². The average Bonchev–Trinajstić information content (AvgIpc) is 1.99. The van der Waals surface area contributed by atoms with E-state index in [1.54, 1.807) is 19.1 Å². The standard InChI is InChI=1S/C12H18FNO/c1-8(14)11-9(13)6-5-7-10(11)15-12(2,3)4/h5-8H,14H2,1-4H3. The number of nitrogens with two attached hydrogens (primary N) is 1. The molecule has 0 spiro atoms. The summed E-state index contributed by atoms with van der Waals surface area (Å²) in [6, 6.07) is 4.40. The van der Waals surface area contributed by atoms with Crippen molar-refractivity contribution < 1.29 is 9.13 Å². The zero-order valence-corrected chi connectivity index (χ0v) is 9.67. The molecule has 0 bridgehead atoms. The maximum Gasteiger partial charge on any atom is 0.131 e. The molecule has 1 unspecified atom stereocenters. The SMILES string of the molecule is CC(N)c1c(F)cccc1OC(C)(C)C. The first kappa shape index (κ1) is 12.0. The van der Waals surface area contributed by atoms with E-state index in [1.807, 2.05) is 20.8 Å². The number of hydrogen-bond acceptors (Lipinski definition) is 2. The zero-order chi connectivity index (χ0) is 11.6. The van der Waals surface area contributed by atoms with Crippen LogP contribution < -0.4 is 10.5 Å². The van der Waals surface area contributed by atoms with Crippen molar-refractivity contribution >= 4 is 0 Å². The molecule has 15 heavy (non-hydrogen) atoms. The number of benzene rings is 1. The molecule has 84 valence electrons. The largest absolute Gasteiger partial charge is 0.488 e. The lowest BCUT2D eigenvalue weighted by Gasteiger charge is -2.24. The molecule has 3 heteroatoms. The number of rotatable bonds is 2. The van der Waals surface area contributed by atoms with Gasteiger partial charge in [-0.3, -0.25) is 0 Å². The summed E-state index contributed by atoms with van der Waals surface area (Å²) < 4.78 is 19.2. The molecule has 0 heterocycles. The summed E-state index contributed by atoms with van der Waals surface area (Å²) in [4.78, 5) is 0. The van der Waals surface area contributed by atoms with Gasteiger partial charge in [0, 0.05) is 11.6 Å². The van der Waals surface area contributed by atoms with Crippen molar-refractivity contribution in [3.63, 3.8) is 0 Å². The fourth-order valence-corrected chi connectivity index (χ4v) is 1.38. The molecule has 0 fully saturated rings. The van der Waals surface area contributed by atoms with Gasteiger partial charge in [0.05, 0.1) is 0 Å². The van der Waals surface area contributed by atoms with E-state index in [4.69, 9.17) is 10.5 Å². The predicted octanol–water partition coefficient (Wildman–Crippen LogP) is 3.02. The molecule has 1 rings (SSSR count). The maximum atomic E-state index is 13.5. The molecule has 0 radical (unpaired) electrons. The fourth-order valence-electron chi connectivity index (χ4n) is 1.38. The predicted molar refractivity (Wildman–Crippen MR) is 59.4 cm³/mol. The van der Waals surface area contributed by atoms with Crippen LogP contribution in [-0.4, -0.2) is 5.60 Å². The van der Waals surface area contributed by atoms with E-state index in [0.717, 1.165) is 0 Å². The summed E-state index contributed by atoms with van der Waals surface area (Å²) in [6.07, 6.45) is 0. The summed E-state index contributed by atoms with van der Waals surface area (Å²) in [5.41, 5.74) is 5.80. The summed E-state index contributed by atoms with van der Waals surface area (Å²) in [6.45, 7) is 7.50. The first-order chi connectivity index (χ1) is 6.81. The lowest BCUT2D eigenvalue weighted by atomic mass is 10.1. The Morgan fingerprint density at radius 2 is 1.93 bits per heavy atom. The van der Waals surface area contributed by atoms with Crippen LogP contribution in [0.25, 0.3) is 0 Å². The molecule has 0 saturated heterocycles. The van der Waals surface area contributed by atoms with Gasteiger partial charge in [0.2, 0.25) is 0 Å². The van der Waals surface area contributed by atoms with Crippen molar-refractivity contribution in [3.8, 4) is 5.75 Å². The van der Waals surface area contributed by atoms with Gasteiger partial charge in [-0.2, -0.15) is 0 Å². The maximum absolute atomic E-state index is 13.5. The molecule has 1 aromatic rings. The monoisotopic (exact) mass is 211 g/mol. The van der Waals surface area contributed by atoms with E-state index in [0.29, 0.717) is 11.3 Å². The van der Waals surface area contributed by atoms with Gasteiger partial charge in [-0.1, -0.05) is 6.07 Å². The Balaban J connectivity index is 3.12. The Labute approximate surface area is 90.2 Å². The second-order valence-corrected chi connectivity index (χ2v) is 4.65.